The van der Waals surface area contributed by atoms with E-state index in [1.54, 1.807) is 26.8 Å². The van der Waals surface area contributed by atoms with Crippen LogP contribution in [0.15, 0.2) is 23.0 Å². The third-order valence-corrected chi connectivity index (χ3v) is 2.27. The fourth-order valence-electron chi connectivity index (χ4n) is 1.61. The van der Waals surface area contributed by atoms with Crippen LogP contribution >= 0.6 is 0 Å². The van der Waals surface area contributed by atoms with Gasteiger partial charge in [0.2, 0.25) is 0 Å². The van der Waals surface area contributed by atoms with Gasteiger partial charge in [-0.1, -0.05) is 0 Å². The van der Waals surface area contributed by atoms with Crippen LogP contribution < -0.4 is 0 Å². The summed E-state index contributed by atoms with van der Waals surface area (Å²) in [5, 5.41) is 0. The zero-order valence-electron chi connectivity index (χ0n) is 10.4. The molecule has 0 amide bonds. The van der Waals surface area contributed by atoms with E-state index in [1.807, 2.05) is 0 Å². The lowest BCUT2D eigenvalue weighted by Gasteiger charge is -2.22. The number of allylic oxidation sites excluding steroid dienone is 1. The van der Waals surface area contributed by atoms with Gasteiger partial charge in [-0.25, -0.2) is 9.59 Å². The zero-order chi connectivity index (χ0) is 13.0. The number of hydrogen-bond acceptors (Lipinski definition) is 5. The Balaban J connectivity index is 3.12. The van der Waals surface area contributed by atoms with Crippen LogP contribution in [-0.2, 0) is 23.8 Å². The van der Waals surface area contributed by atoms with Gasteiger partial charge in [0, 0.05) is 0 Å². The van der Waals surface area contributed by atoms with Crippen LogP contribution in [0.4, 0.5) is 0 Å². The van der Waals surface area contributed by atoms with Gasteiger partial charge in [-0.05, 0) is 26.8 Å². The number of ether oxygens (including phenoxy) is 3. The fourth-order valence-corrected chi connectivity index (χ4v) is 1.61. The van der Waals surface area contributed by atoms with Crippen molar-refractivity contribution in [2.45, 2.75) is 26.9 Å². The standard InChI is InChI=1S/C12H16O5/c1-5-16-11(13)9-6-7(2)17-8(3)10(9)12(14)15-4/h6-7H,5H2,1-4H3. The molecule has 0 fully saturated rings. The number of rotatable bonds is 3. The second-order valence-electron chi connectivity index (χ2n) is 3.55. The highest BCUT2D eigenvalue weighted by Gasteiger charge is 2.30. The molecule has 0 radical (unpaired) electrons. The van der Waals surface area contributed by atoms with Crippen LogP contribution in [0.2, 0.25) is 0 Å². The lowest BCUT2D eigenvalue weighted by Crippen LogP contribution is -2.24. The molecule has 5 heteroatoms. The molecule has 0 saturated carbocycles. The van der Waals surface area contributed by atoms with Gasteiger partial charge in [-0.3, -0.25) is 0 Å². The third-order valence-electron chi connectivity index (χ3n) is 2.27. The van der Waals surface area contributed by atoms with Gasteiger partial charge in [0.1, 0.15) is 17.4 Å². The fraction of sp³-hybridized carbons (Fsp3) is 0.500. The van der Waals surface area contributed by atoms with E-state index in [1.165, 1.54) is 7.11 Å². The Hall–Kier alpha value is -1.78. The second kappa shape index (κ2) is 5.52. The predicted molar refractivity (Wildman–Crippen MR) is 60.0 cm³/mol. The summed E-state index contributed by atoms with van der Waals surface area (Å²) in [5.41, 5.74) is 0.332. The molecule has 1 heterocycles. The first-order valence-electron chi connectivity index (χ1n) is 5.36. The van der Waals surface area contributed by atoms with Crippen molar-refractivity contribution in [1.29, 1.82) is 0 Å². The van der Waals surface area contributed by atoms with E-state index in [4.69, 9.17) is 9.47 Å². The van der Waals surface area contributed by atoms with Crippen molar-refractivity contribution in [3.63, 3.8) is 0 Å². The summed E-state index contributed by atoms with van der Waals surface area (Å²) < 4.78 is 14.9. The number of carbonyl (C=O) groups is 2. The predicted octanol–water partition coefficient (Wildman–Crippen LogP) is 1.34. The molecule has 0 N–H and O–H groups in total. The van der Waals surface area contributed by atoms with Gasteiger partial charge in [-0.2, -0.15) is 0 Å². The smallest absolute Gasteiger partial charge is 0.342 e. The molecule has 0 aliphatic carbocycles. The molecule has 5 nitrogen and oxygen atoms in total. The summed E-state index contributed by atoms with van der Waals surface area (Å²) >= 11 is 0. The monoisotopic (exact) mass is 240 g/mol. The van der Waals surface area contributed by atoms with E-state index in [-0.39, 0.29) is 23.9 Å². The molecular formula is C12H16O5. The van der Waals surface area contributed by atoms with Gasteiger partial charge >= 0.3 is 11.9 Å². The quantitative estimate of drug-likeness (QED) is 0.697. The molecular weight excluding hydrogens is 224 g/mol. The molecule has 1 aliphatic rings. The van der Waals surface area contributed by atoms with E-state index in [2.05, 4.69) is 4.74 Å². The SMILES string of the molecule is CCOC(=O)C1=CC(C)OC(C)=C1C(=O)OC. The summed E-state index contributed by atoms with van der Waals surface area (Å²) in [7, 11) is 1.25. The Kier molecular flexibility index (Phi) is 4.31. The highest BCUT2D eigenvalue weighted by Crippen LogP contribution is 2.26. The molecule has 1 atom stereocenters. The Bertz CT molecular complexity index is 392. The summed E-state index contributed by atoms with van der Waals surface area (Å²) in [6.45, 7) is 5.35. The molecule has 1 rings (SSSR count). The van der Waals surface area contributed by atoms with Gasteiger partial charge in [0.05, 0.1) is 19.3 Å². The molecule has 0 aromatic heterocycles. The average molecular weight is 240 g/mol. The summed E-state index contributed by atoms with van der Waals surface area (Å²) in [4.78, 5) is 23.3. The van der Waals surface area contributed by atoms with Crippen molar-refractivity contribution in [1.82, 2.24) is 0 Å². The summed E-state index contributed by atoms with van der Waals surface area (Å²) in [5.74, 6) is -0.772. The minimum Gasteiger partial charge on any atom is -0.490 e. The maximum Gasteiger partial charge on any atom is 0.342 e. The molecule has 0 aromatic rings. The minimum atomic E-state index is -0.603. The highest BCUT2D eigenvalue weighted by molar-refractivity contribution is 6.07. The van der Waals surface area contributed by atoms with Crippen LogP contribution in [-0.4, -0.2) is 31.8 Å². The number of esters is 2. The highest BCUT2D eigenvalue weighted by atomic mass is 16.5. The third kappa shape index (κ3) is 2.87. The van der Waals surface area contributed by atoms with Crippen molar-refractivity contribution in [3.05, 3.63) is 23.0 Å². The first-order valence-corrected chi connectivity index (χ1v) is 5.36. The van der Waals surface area contributed by atoms with Crippen LogP contribution in [0, 0.1) is 0 Å². The van der Waals surface area contributed by atoms with Crippen LogP contribution in [0.1, 0.15) is 20.8 Å². The van der Waals surface area contributed by atoms with Crippen LogP contribution in [0.3, 0.4) is 0 Å². The molecule has 0 spiro atoms. The first-order chi connectivity index (χ1) is 8.01. The molecule has 0 aromatic carbocycles. The van der Waals surface area contributed by atoms with E-state index < -0.39 is 11.9 Å². The number of carbonyl (C=O) groups excluding carboxylic acids is 2. The Labute approximate surface area is 100 Å². The number of hydrogen-bond donors (Lipinski definition) is 0. The van der Waals surface area contributed by atoms with Crippen molar-refractivity contribution < 1.29 is 23.8 Å². The van der Waals surface area contributed by atoms with Gasteiger partial charge < -0.3 is 14.2 Å². The van der Waals surface area contributed by atoms with Gasteiger partial charge in [0.25, 0.3) is 0 Å². The Morgan fingerprint density at radius 1 is 1.41 bits per heavy atom. The van der Waals surface area contributed by atoms with Crippen LogP contribution in [0.25, 0.3) is 0 Å². The maximum absolute atomic E-state index is 11.7. The maximum atomic E-state index is 11.7. The molecule has 1 aliphatic heterocycles. The summed E-state index contributed by atoms with van der Waals surface area (Å²) in [6.07, 6.45) is 1.28. The lowest BCUT2D eigenvalue weighted by atomic mass is 10.0. The van der Waals surface area contributed by atoms with E-state index in [0.29, 0.717) is 5.76 Å². The van der Waals surface area contributed by atoms with Crippen molar-refractivity contribution in [2.24, 2.45) is 0 Å². The molecule has 1 unspecified atom stereocenters. The molecule has 94 valence electrons. The Morgan fingerprint density at radius 2 is 2.06 bits per heavy atom. The van der Waals surface area contributed by atoms with Gasteiger partial charge in [-0.15, -0.1) is 0 Å². The first kappa shape index (κ1) is 13.3. The van der Waals surface area contributed by atoms with Crippen molar-refractivity contribution >= 4 is 11.9 Å². The van der Waals surface area contributed by atoms with E-state index in [0.717, 1.165) is 0 Å². The minimum absolute atomic E-state index is 0.129. The van der Waals surface area contributed by atoms with Crippen molar-refractivity contribution in [2.75, 3.05) is 13.7 Å². The van der Waals surface area contributed by atoms with Crippen LogP contribution in [0.5, 0.6) is 0 Å². The lowest BCUT2D eigenvalue weighted by molar-refractivity contribution is -0.141. The molecule has 17 heavy (non-hydrogen) atoms. The molecule has 0 bridgehead atoms. The number of methoxy groups -OCH3 is 1. The largest absolute Gasteiger partial charge is 0.490 e. The average Bonchev–Trinajstić information content (AvgIpc) is 2.27. The second-order valence-corrected chi connectivity index (χ2v) is 3.55. The van der Waals surface area contributed by atoms with Crippen molar-refractivity contribution in [3.8, 4) is 0 Å². The normalized spacial score (nSPS) is 19.3. The van der Waals surface area contributed by atoms with E-state index in [9.17, 15) is 9.59 Å². The topological polar surface area (TPSA) is 61.8 Å². The summed E-state index contributed by atoms with van der Waals surface area (Å²) in [6, 6.07) is 0. The van der Waals surface area contributed by atoms with Gasteiger partial charge in [0.15, 0.2) is 0 Å². The Morgan fingerprint density at radius 3 is 2.59 bits per heavy atom. The molecule has 0 saturated heterocycles. The zero-order valence-corrected chi connectivity index (χ0v) is 10.4. The van der Waals surface area contributed by atoms with E-state index >= 15 is 0 Å².